The molecule has 0 fully saturated rings. The normalized spacial score (nSPS) is 20.8. The Morgan fingerprint density at radius 1 is 1.14 bits per heavy atom. The first-order chi connectivity index (χ1) is 13.1. The van der Waals surface area contributed by atoms with Gasteiger partial charge in [-0.25, -0.2) is 0 Å². The molecule has 1 heterocycles. The summed E-state index contributed by atoms with van der Waals surface area (Å²) in [4.78, 5) is 38.4. The number of nitrogens with zero attached hydrogens (tertiary/aromatic N) is 1. The molecule has 0 aromatic rings. The number of ether oxygens (including phenoxy) is 1. The molecule has 4 unspecified atom stereocenters. The fourth-order valence-electron chi connectivity index (χ4n) is 2.84. The van der Waals surface area contributed by atoms with Crippen molar-refractivity contribution in [3.63, 3.8) is 0 Å². The van der Waals surface area contributed by atoms with Crippen molar-refractivity contribution in [2.45, 2.75) is 53.3 Å². The Morgan fingerprint density at radius 2 is 1.66 bits per heavy atom. The first-order valence-corrected chi connectivity index (χ1v) is 10.9. The van der Waals surface area contributed by atoms with Gasteiger partial charge >= 0.3 is 0 Å². The molecule has 29 heavy (non-hydrogen) atoms. The molecule has 0 saturated heterocycles. The minimum absolute atomic E-state index is 0.00621. The Morgan fingerprint density at radius 3 is 2.07 bits per heavy atom. The molecule has 1 aliphatic heterocycles. The number of hydrogen-bond donors (Lipinski definition) is 1. The van der Waals surface area contributed by atoms with Gasteiger partial charge in [0.1, 0.15) is 11.8 Å². The average molecular weight is 531 g/mol. The zero-order chi connectivity index (χ0) is 22.7. The largest absolute Gasteiger partial charge is 0.499 e. The van der Waals surface area contributed by atoms with Crippen molar-refractivity contribution >= 4 is 87.3 Å². The lowest BCUT2D eigenvalue weighted by molar-refractivity contribution is -0.146. The smallest absolute Gasteiger partial charge is 0.257 e. The standard InChI is InChI=1S/C17H22Cl6N2O4/c1-8(16(18,19)20)5-11(24-10(3)26)15(28)25-12(6-9(2)17(21,22)23)13(29-4)7-14(25)27/h7-9,11-12H,5-6H2,1-4H3,(H,24,26). The van der Waals surface area contributed by atoms with Crippen molar-refractivity contribution in [2.24, 2.45) is 11.8 Å². The molecule has 0 aliphatic carbocycles. The second kappa shape index (κ2) is 10.5. The van der Waals surface area contributed by atoms with Gasteiger partial charge in [0.15, 0.2) is 7.59 Å². The number of imide groups is 1. The number of carbonyl (C=O) groups is 3. The number of carbonyl (C=O) groups excluding carboxylic acids is 3. The Kier molecular flexibility index (Phi) is 9.72. The maximum absolute atomic E-state index is 13.2. The van der Waals surface area contributed by atoms with Crippen LogP contribution in [0.1, 0.15) is 33.6 Å². The summed E-state index contributed by atoms with van der Waals surface area (Å²) in [6.07, 6.45) is 1.32. The summed E-state index contributed by atoms with van der Waals surface area (Å²) in [5.74, 6) is -2.62. The maximum Gasteiger partial charge on any atom is 0.257 e. The lowest BCUT2D eigenvalue weighted by Gasteiger charge is -2.33. The number of halogens is 6. The predicted molar refractivity (Wildman–Crippen MR) is 116 cm³/mol. The van der Waals surface area contributed by atoms with Crippen molar-refractivity contribution in [3.05, 3.63) is 11.8 Å². The Balaban J connectivity index is 3.19. The van der Waals surface area contributed by atoms with Crippen LogP contribution in [-0.4, -0.2) is 49.4 Å². The number of rotatable bonds is 7. The van der Waals surface area contributed by atoms with Gasteiger partial charge in [0, 0.05) is 24.8 Å². The zero-order valence-corrected chi connectivity index (χ0v) is 20.7. The summed E-state index contributed by atoms with van der Waals surface area (Å²) in [6.45, 7) is 4.53. The van der Waals surface area contributed by atoms with Gasteiger partial charge in [-0.15, -0.1) is 0 Å². The van der Waals surface area contributed by atoms with E-state index in [1.807, 2.05) is 0 Å². The van der Waals surface area contributed by atoms with Crippen LogP contribution in [0.3, 0.4) is 0 Å². The highest BCUT2D eigenvalue weighted by Gasteiger charge is 2.45. The van der Waals surface area contributed by atoms with E-state index < -0.39 is 49.2 Å². The first kappa shape index (κ1) is 26.9. The monoisotopic (exact) mass is 528 g/mol. The Bertz CT molecular complexity index is 674. The highest BCUT2D eigenvalue weighted by molar-refractivity contribution is 6.68. The summed E-state index contributed by atoms with van der Waals surface area (Å²) in [5.41, 5.74) is 0. The highest BCUT2D eigenvalue weighted by atomic mass is 35.6. The van der Waals surface area contributed by atoms with Crippen molar-refractivity contribution in [3.8, 4) is 0 Å². The molecule has 4 atom stereocenters. The van der Waals surface area contributed by atoms with Gasteiger partial charge in [-0.3, -0.25) is 19.3 Å². The Hall–Kier alpha value is -0.110. The lowest BCUT2D eigenvalue weighted by Crippen LogP contribution is -2.53. The van der Waals surface area contributed by atoms with Crippen LogP contribution >= 0.6 is 69.6 Å². The molecule has 3 amide bonds. The van der Waals surface area contributed by atoms with E-state index in [0.29, 0.717) is 0 Å². The van der Waals surface area contributed by atoms with Crippen LogP contribution in [0.4, 0.5) is 0 Å². The number of alkyl halides is 6. The predicted octanol–water partition coefficient (Wildman–Crippen LogP) is 4.55. The molecular formula is C17H22Cl6N2O4. The SMILES string of the molecule is COC1=CC(=O)N(C(=O)C(CC(C)C(Cl)(Cl)Cl)NC(C)=O)C1CC(C)C(Cl)(Cl)Cl. The van der Waals surface area contributed by atoms with Gasteiger partial charge in [0.2, 0.25) is 5.91 Å². The van der Waals surface area contributed by atoms with E-state index in [-0.39, 0.29) is 18.6 Å². The second-order valence-corrected chi connectivity index (χ2v) is 11.7. The molecule has 0 aromatic carbocycles. The van der Waals surface area contributed by atoms with Crippen LogP contribution in [-0.2, 0) is 19.1 Å². The molecular weight excluding hydrogens is 509 g/mol. The summed E-state index contributed by atoms with van der Waals surface area (Å²) < 4.78 is 1.98. The number of nitrogens with one attached hydrogen (secondary N) is 1. The minimum atomic E-state index is -1.66. The number of hydrogen-bond acceptors (Lipinski definition) is 4. The van der Waals surface area contributed by atoms with Crippen LogP contribution in [0.25, 0.3) is 0 Å². The summed E-state index contributed by atoms with van der Waals surface area (Å²) in [7, 11) is 1.37. The number of amides is 3. The topological polar surface area (TPSA) is 75.7 Å². The molecule has 0 aromatic heterocycles. The molecule has 0 bridgehead atoms. The van der Waals surface area contributed by atoms with E-state index in [0.717, 1.165) is 4.90 Å². The molecule has 0 spiro atoms. The van der Waals surface area contributed by atoms with E-state index >= 15 is 0 Å². The van der Waals surface area contributed by atoms with E-state index in [9.17, 15) is 14.4 Å². The van der Waals surface area contributed by atoms with E-state index in [1.165, 1.54) is 20.1 Å². The lowest BCUT2D eigenvalue weighted by atomic mass is 9.98. The van der Waals surface area contributed by atoms with E-state index in [2.05, 4.69) is 5.32 Å². The first-order valence-electron chi connectivity index (χ1n) is 8.62. The molecule has 12 heteroatoms. The van der Waals surface area contributed by atoms with Crippen LogP contribution in [0.15, 0.2) is 11.8 Å². The fraction of sp³-hybridized carbons (Fsp3) is 0.706. The van der Waals surface area contributed by atoms with Gasteiger partial charge in [0.25, 0.3) is 11.8 Å². The molecule has 6 nitrogen and oxygen atoms in total. The van der Waals surface area contributed by atoms with Gasteiger partial charge in [0.05, 0.1) is 13.2 Å². The third-order valence-corrected chi connectivity index (χ3v) is 6.81. The molecule has 0 radical (unpaired) electrons. The quantitative estimate of drug-likeness (QED) is 0.490. The van der Waals surface area contributed by atoms with Crippen LogP contribution in [0.5, 0.6) is 0 Å². The third kappa shape index (κ3) is 7.51. The van der Waals surface area contributed by atoms with Gasteiger partial charge < -0.3 is 10.1 Å². The average Bonchev–Trinajstić information content (AvgIpc) is 2.86. The van der Waals surface area contributed by atoms with Crippen LogP contribution in [0, 0.1) is 11.8 Å². The van der Waals surface area contributed by atoms with Crippen molar-refractivity contribution in [1.29, 1.82) is 0 Å². The third-order valence-electron chi connectivity index (χ3n) is 4.58. The van der Waals surface area contributed by atoms with E-state index in [4.69, 9.17) is 74.3 Å². The van der Waals surface area contributed by atoms with Gasteiger partial charge in [-0.05, 0) is 12.8 Å². The zero-order valence-electron chi connectivity index (χ0n) is 16.1. The van der Waals surface area contributed by atoms with Gasteiger partial charge in [-0.1, -0.05) is 83.5 Å². The maximum atomic E-state index is 13.2. The fourth-order valence-corrected chi connectivity index (χ4v) is 3.37. The summed E-state index contributed by atoms with van der Waals surface area (Å²) >= 11 is 35.6. The van der Waals surface area contributed by atoms with E-state index in [1.54, 1.807) is 13.8 Å². The van der Waals surface area contributed by atoms with Crippen molar-refractivity contribution < 1.29 is 19.1 Å². The van der Waals surface area contributed by atoms with Crippen molar-refractivity contribution in [2.75, 3.05) is 7.11 Å². The molecule has 1 N–H and O–H groups in total. The molecule has 1 rings (SSSR count). The molecule has 166 valence electrons. The molecule has 0 saturated carbocycles. The second-order valence-electron chi connectivity index (χ2n) is 6.92. The van der Waals surface area contributed by atoms with Crippen LogP contribution in [0.2, 0.25) is 0 Å². The summed E-state index contributed by atoms with van der Waals surface area (Å²) in [6, 6.07) is -1.90. The molecule has 1 aliphatic rings. The highest BCUT2D eigenvalue weighted by Crippen LogP contribution is 2.41. The summed E-state index contributed by atoms with van der Waals surface area (Å²) in [5, 5.41) is 2.52. The number of methoxy groups -OCH3 is 1. The van der Waals surface area contributed by atoms with Crippen molar-refractivity contribution in [1.82, 2.24) is 10.2 Å². The Labute approximate surface area is 200 Å². The van der Waals surface area contributed by atoms with Crippen LogP contribution < -0.4 is 5.32 Å². The van der Waals surface area contributed by atoms with Gasteiger partial charge in [-0.2, -0.15) is 0 Å². The minimum Gasteiger partial charge on any atom is -0.499 e.